The lowest BCUT2D eigenvalue weighted by Crippen LogP contribution is -2.16. The summed E-state index contributed by atoms with van der Waals surface area (Å²) in [6.45, 7) is 0.503. The molecule has 0 saturated carbocycles. The van der Waals surface area contributed by atoms with E-state index >= 15 is 0 Å². The first-order valence-corrected chi connectivity index (χ1v) is 9.30. The number of benzene rings is 3. The van der Waals surface area contributed by atoms with Crippen LogP contribution in [0.4, 0.5) is 10.2 Å². The van der Waals surface area contributed by atoms with Gasteiger partial charge in [0.15, 0.2) is 0 Å². The summed E-state index contributed by atoms with van der Waals surface area (Å²) in [6, 6.07) is 24.3. The second-order valence-corrected chi connectivity index (χ2v) is 6.71. The Morgan fingerprint density at radius 2 is 1.80 bits per heavy atom. The number of halogens is 1. The number of carbonyl (C=O) groups is 1. The predicted octanol–water partition coefficient (Wildman–Crippen LogP) is 4.86. The van der Waals surface area contributed by atoms with E-state index in [0.717, 1.165) is 5.56 Å². The van der Waals surface area contributed by atoms with Crippen molar-refractivity contribution in [3.63, 3.8) is 0 Å². The second-order valence-electron chi connectivity index (χ2n) is 6.71. The lowest BCUT2D eigenvalue weighted by molar-refractivity contribution is 0.102. The van der Waals surface area contributed by atoms with E-state index in [0.29, 0.717) is 34.7 Å². The first kappa shape index (κ1) is 19.1. The van der Waals surface area contributed by atoms with Gasteiger partial charge in [-0.1, -0.05) is 36.4 Å². The number of imidazole rings is 1. The summed E-state index contributed by atoms with van der Waals surface area (Å²) >= 11 is 0. The SMILES string of the molecule is N#Cc1cccc(C(=O)Nc2c(-c3ccc(F)cc3)ncn2Cc2ccccc2)c1. The van der Waals surface area contributed by atoms with Gasteiger partial charge >= 0.3 is 0 Å². The maximum Gasteiger partial charge on any atom is 0.256 e. The second kappa shape index (κ2) is 8.41. The van der Waals surface area contributed by atoms with Crippen LogP contribution in [0.5, 0.6) is 0 Å². The number of anilines is 1. The number of amides is 1. The fourth-order valence-corrected chi connectivity index (χ4v) is 3.14. The molecule has 0 aliphatic rings. The Morgan fingerprint density at radius 3 is 2.53 bits per heavy atom. The fourth-order valence-electron chi connectivity index (χ4n) is 3.14. The molecule has 146 valence electrons. The number of nitriles is 1. The van der Waals surface area contributed by atoms with E-state index in [4.69, 9.17) is 5.26 Å². The van der Waals surface area contributed by atoms with Crippen molar-refractivity contribution >= 4 is 11.7 Å². The standard InChI is InChI=1S/C24H17FN4O/c25-21-11-9-19(10-12-21)22-23(28-24(30)20-8-4-7-18(13-20)14-26)29(16-27-22)15-17-5-2-1-3-6-17/h1-13,16H,15H2,(H,28,30). The van der Waals surface area contributed by atoms with Gasteiger partial charge in [0.25, 0.3) is 5.91 Å². The molecule has 0 radical (unpaired) electrons. The molecule has 3 aromatic carbocycles. The molecule has 6 heteroatoms. The van der Waals surface area contributed by atoms with Gasteiger partial charge < -0.3 is 9.88 Å². The molecule has 0 saturated heterocycles. The average molecular weight is 396 g/mol. The summed E-state index contributed by atoms with van der Waals surface area (Å²) in [5.74, 6) is -0.204. The van der Waals surface area contributed by atoms with Gasteiger partial charge in [-0.25, -0.2) is 9.37 Å². The molecule has 0 unspecified atom stereocenters. The molecule has 30 heavy (non-hydrogen) atoms. The Bertz CT molecular complexity index is 1220. The normalized spacial score (nSPS) is 10.4. The van der Waals surface area contributed by atoms with Crippen molar-refractivity contribution in [2.24, 2.45) is 0 Å². The number of nitrogens with one attached hydrogen (secondary N) is 1. The first-order valence-electron chi connectivity index (χ1n) is 9.30. The quantitative estimate of drug-likeness (QED) is 0.524. The first-order chi connectivity index (χ1) is 14.6. The molecule has 1 N–H and O–H groups in total. The third-order valence-electron chi connectivity index (χ3n) is 4.64. The van der Waals surface area contributed by atoms with Crippen LogP contribution in [0.3, 0.4) is 0 Å². The third kappa shape index (κ3) is 4.10. The van der Waals surface area contributed by atoms with Crippen molar-refractivity contribution in [1.82, 2.24) is 9.55 Å². The smallest absolute Gasteiger partial charge is 0.256 e. The lowest BCUT2D eigenvalue weighted by Gasteiger charge is -2.12. The molecule has 1 aromatic heterocycles. The molecular weight excluding hydrogens is 379 g/mol. The highest BCUT2D eigenvalue weighted by Crippen LogP contribution is 2.28. The molecule has 1 amide bonds. The zero-order valence-electron chi connectivity index (χ0n) is 15.9. The van der Waals surface area contributed by atoms with Crippen molar-refractivity contribution in [1.29, 1.82) is 5.26 Å². The maximum atomic E-state index is 13.4. The van der Waals surface area contributed by atoms with Crippen molar-refractivity contribution in [2.75, 3.05) is 5.32 Å². The topological polar surface area (TPSA) is 70.7 Å². The van der Waals surface area contributed by atoms with E-state index in [2.05, 4.69) is 10.3 Å². The minimum atomic E-state index is -0.356. The van der Waals surface area contributed by atoms with Crippen LogP contribution in [-0.4, -0.2) is 15.5 Å². The van der Waals surface area contributed by atoms with Gasteiger partial charge in [-0.05, 0) is 48.0 Å². The Kier molecular flexibility index (Phi) is 5.35. The molecule has 4 aromatic rings. The highest BCUT2D eigenvalue weighted by molar-refractivity contribution is 6.05. The van der Waals surface area contributed by atoms with E-state index in [1.807, 2.05) is 41.0 Å². The van der Waals surface area contributed by atoms with Crippen LogP contribution < -0.4 is 5.32 Å². The number of rotatable bonds is 5. The molecule has 4 rings (SSSR count). The monoisotopic (exact) mass is 396 g/mol. The van der Waals surface area contributed by atoms with Gasteiger partial charge in [-0.2, -0.15) is 5.26 Å². The maximum absolute atomic E-state index is 13.4. The van der Waals surface area contributed by atoms with Crippen LogP contribution in [0.2, 0.25) is 0 Å². The van der Waals surface area contributed by atoms with Gasteiger partial charge in [0.05, 0.1) is 24.5 Å². The third-order valence-corrected chi connectivity index (χ3v) is 4.64. The molecule has 0 aliphatic carbocycles. The van der Waals surface area contributed by atoms with Crippen molar-refractivity contribution in [2.45, 2.75) is 6.54 Å². The van der Waals surface area contributed by atoms with Crippen LogP contribution in [0.25, 0.3) is 11.3 Å². The molecule has 5 nitrogen and oxygen atoms in total. The average Bonchev–Trinajstić information content (AvgIpc) is 3.17. The zero-order valence-corrected chi connectivity index (χ0v) is 15.9. The van der Waals surface area contributed by atoms with Gasteiger partial charge in [0, 0.05) is 11.1 Å². The highest BCUT2D eigenvalue weighted by atomic mass is 19.1. The number of aromatic nitrogens is 2. The van der Waals surface area contributed by atoms with Crippen molar-refractivity contribution < 1.29 is 9.18 Å². The van der Waals surface area contributed by atoms with Gasteiger partial charge in [-0.3, -0.25) is 4.79 Å². The van der Waals surface area contributed by atoms with Gasteiger partial charge in [0.1, 0.15) is 17.3 Å². The molecule has 0 atom stereocenters. The molecular formula is C24H17FN4O. The number of carbonyl (C=O) groups excluding carboxylic acids is 1. The number of nitrogens with zero attached hydrogens (tertiary/aromatic N) is 3. The molecule has 0 aliphatic heterocycles. The minimum Gasteiger partial charge on any atom is -0.312 e. The largest absolute Gasteiger partial charge is 0.312 e. The summed E-state index contributed by atoms with van der Waals surface area (Å²) in [4.78, 5) is 17.4. The van der Waals surface area contributed by atoms with Crippen LogP contribution in [0.1, 0.15) is 21.5 Å². The molecule has 0 bridgehead atoms. The number of hydrogen-bond donors (Lipinski definition) is 1. The van der Waals surface area contributed by atoms with E-state index in [-0.39, 0.29) is 11.7 Å². The van der Waals surface area contributed by atoms with Gasteiger partial charge in [0.2, 0.25) is 0 Å². The lowest BCUT2D eigenvalue weighted by atomic mass is 10.1. The number of hydrogen-bond acceptors (Lipinski definition) is 3. The Balaban J connectivity index is 1.72. The van der Waals surface area contributed by atoms with E-state index in [9.17, 15) is 9.18 Å². The highest BCUT2D eigenvalue weighted by Gasteiger charge is 2.17. The summed E-state index contributed by atoms with van der Waals surface area (Å²) < 4.78 is 15.2. The summed E-state index contributed by atoms with van der Waals surface area (Å²) in [7, 11) is 0. The van der Waals surface area contributed by atoms with E-state index in [1.165, 1.54) is 18.2 Å². The predicted molar refractivity (Wildman–Crippen MR) is 112 cm³/mol. The van der Waals surface area contributed by atoms with Crippen LogP contribution in [-0.2, 0) is 6.54 Å². The summed E-state index contributed by atoms with van der Waals surface area (Å²) in [5.41, 5.74) is 3.04. The zero-order chi connectivity index (χ0) is 20.9. The van der Waals surface area contributed by atoms with Crippen LogP contribution in [0, 0.1) is 17.1 Å². The summed E-state index contributed by atoms with van der Waals surface area (Å²) in [5, 5.41) is 12.0. The van der Waals surface area contributed by atoms with E-state index < -0.39 is 0 Å². The van der Waals surface area contributed by atoms with Crippen molar-refractivity contribution in [3.8, 4) is 17.3 Å². The van der Waals surface area contributed by atoms with Crippen LogP contribution in [0.15, 0.2) is 85.2 Å². The molecule has 0 fully saturated rings. The van der Waals surface area contributed by atoms with Gasteiger partial charge in [-0.15, -0.1) is 0 Å². The summed E-state index contributed by atoms with van der Waals surface area (Å²) in [6.07, 6.45) is 1.65. The van der Waals surface area contributed by atoms with E-state index in [1.54, 1.807) is 36.7 Å². The Labute approximate surface area is 173 Å². The van der Waals surface area contributed by atoms with Crippen LogP contribution >= 0.6 is 0 Å². The molecule has 0 spiro atoms. The molecule has 1 heterocycles. The fraction of sp³-hybridized carbons (Fsp3) is 0.0417. The Hall–Kier alpha value is -4.24. The Morgan fingerprint density at radius 1 is 1.03 bits per heavy atom. The minimum absolute atomic E-state index is 0.346. The van der Waals surface area contributed by atoms with Crippen molar-refractivity contribution in [3.05, 3.63) is 108 Å².